The van der Waals surface area contributed by atoms with Crippen molar-refractivity contribution >= 4 is 29.2 Å². The standard InChI is InChI=1S/C22H25Cl2N5O/c1-14(27-22(30)29(3)17-8-10-28(2)11-9-17)18-6-7-19(21(24)20(18)23)15-4-5-16(12-25)26-13-15/h4-7,13-14,17H,8-11H2,1-3H3,(H,27,30). The summed E-state index contributed by atoms with van der Waals surface area (Å²) in [6, 6.07) is 8.94. The van der Waals surface area contributed by atoms with Crippen LogP contribution in [0, 0.1) is 11.3 Å². The number of urea groups is 1. The second-order valence-electron chi connectivity index (χ2n) is 7.69. The maximum absolute atomic E-state index is 12.7. The molecule has 2 amide bonds. The monoisotopic (exact) mass is 445 g/mol. The zero-order valence-electron chi connectivity index (χ0n) is 17.3. The van der Waals surface area contributed by atoms with Gasteiger partial charge in [-0.1, -0.05) is 35.3 Å². The predicted octanol–water partition coefficient (Wildman–Crippen LogP) is 4.72. The molecule has 30 heavy (non-hydrogen) atoms. The summed E-state index contributed by atoms with van der Waals surface area (Å²) in [6.07, 6.45) is 3.53. The fourth-order valence-corrected chi connectivity index (χ4v) is 4.26. The molecular formula is C22H25Cl2N5O. The van der Waals surface area contributed by atoms with Crippen molar-refractivity contribution in [3.05, 3.63) is 51.8 Å². The summed E-state index contributed by atoms with van der Waals surface area (Å²) < 4.78 is 0. The summed E-state index contributed by atoms with van der Waals surface area (Å²) in [7, 11) is 3.94. The van der Waals surface area contributed by atoms with Crippen LogP contribution in [0.5, 0.6) is 0 Å². The van der Waals surface area contributed by atoms with E-state index in [0.717, 1.165) is 42.6 Å². The van der Waals surface area contributed by atoms with E-state index < -0.39 is 0 Å². The summed E-state index contributed by atoms with van der Waals surface area (Å²) in [5.74, 6) is 0. The highest BCUT2D eigenvalue weighted by Crippen LogP contribution is 2.38. The minimum absolute atomic E-state index is 0.121. The Bertz CT molecular complexity index is 949. The van der Waals surface area contributed by atoms with Crippen molar-refractivity contribution < 1.29 is 4.79 Å². The first kappa shape index (κ1) is 22.4. The fourth-order valence-electron chi connectivity index (χ4n) is 3.65. The molecule has 0 aliphatic carbocycles. The molecule has 0 radical (unpaired) electrons. The second-order valence-corrected chi connectivity index (χ2v) is 8.45. The number of pyridine rings is 1. The number of nitrogens with zero attached hydrogens (tertiary/aromatic N) is 4. The number of aromatic nitrogens is 1. The summed E-state index contributed by atoms with van der Waals surface area (Å²) in [5.41, 5.74) is 2.58. The van der Waals surface area contributed by atoms with Crippen molar-refractivity contribution in [3.63, 3.8) is 0 Å². The Kier molecular flexibility index (Phi) is 7.19. The molecular weight excluding hydrogens is 421 g/mol. The molecule has 1 aromatic carbocycles. The van der Waals surface area contributed by atoms with Crippen molar-refractivity contribution in [2.24, 2.45) is 0 Å². The van der Waals surface area contributed by atoms with Gasteiger partial charge in [-0.3, -0.25) is 0 Å². The van der Waals surface area contributed by atoms with Crippen molar-refractivity contribution in [1.29, 1.82) is 5.26 Å². The van der Waals surface area contributed by atoms with E-state index in [1.165, 1.54) is 0 Å². The van der Waals surface area contributed by atoms with Crippen molar-refractivity contribution in [1.82, 2.24) is 20.1 Å². The molecule has 0 spiro atoms. The Morgan fingerprint density at radius 2 is 1.97 bits per heavy atom. The lowest BCUT2D eigenvalue weighted by atomic mass is 10.0. The molecule has 1 atom stereocenters. The van der Waals surface area contributed by atoms with Crippen LogP contribution in [0.15, 0.2) is 30.5 Å². The highest BCUT2D eigenvalue weighted by molar-refractivity contribution is 6.44. The number of hydrogen-bond acceptors (Lipinski definition) is 4. The van der Waals surface area contributed by atoms with Crippen molar-refractivity contribution in [2.45, 2.75) is 31.8 Å². The Labute approximate surface area is 187 Å². The number of nitrogens with one attached hydrogen (secondary N) is 1. The molecule has 1 unspecified atom stereocenters. The first-order valence-corrected chi connectivity index (χ1v) is 10.6. The topological polar surface area (TPSA) is 72.3 Å². The number of hydrogen-bond donors (Lipinski definition) is 1. The average molecular weight is 446 g/mol. The first-order chi connectivity index (χ1) is 14.3. The molecule has 1 N–H and O–H groups in total. The third kappa shape index (κ3) is 4.86. The lowest BCUT2D eigenvalue weighted by Gasteiger charge is -2.35. The van der Waals surface area contributed by atoms with Gasteiger partial charge in [0.2, 0.25) is 0 Å². The predicted molar refractivity (Wildman–Crippen MR) is 120 cm³/mol. The number of nitriles is 1. The van der Waals surface area contributed by atoms with E-state index >= 15 is 0 Å². The van der Waals surface area contributed by atoms with Crippen LogP contribution in [0.3, 0.4) is 0 Å². The van der Waals surface area contributed by atoms with Gasteiger partial charge in [-0.15, -0.1) is 0 Å². The number of carbonyl (C=O) groups excluding carboxylic acids is 1. The first-order valence-electron chi connectivity index (χ1n) is 9.88. The van der Waals surface area contributed by atoms with Crippen molar-refractivity contribution in [3.8, 4) is 17.2 Å². The van der Waals surface area contributed by atoms with Gasteiger partial charge in [0.25, 0.3) is 0 Å². The quantitative estimate of drug-likeness (QED) is 0.738. The summed E-state index contributed by atoms with van der Waals surface area (Å²) in [4.78, 5) is 20.9. The molecule has 0 saturated carbocycles. The number of piperidine rings is 1. The lowest BCUT2D eigenvalue weighted by Crippen LogP contribution is -2.48. The molecule has 0 bridgehead atoms. The van der Waals surface area contributed by atoms with Crippen LogP contribution < -0.4 is 5.32 Å². The van der Waals surface area contributed by atoms with Crippen LogP contribution in [0.4, 0.5) is 4.79 Å². The van der Waals surface area contributed by atoms with Crippen LogP contribution in [0.1, 0.15) is 37.1 Å². The van der Waals surface area contributed by atoms with Crippen molar-refractivity contribution in [2.75, 3.05) is 27.2 Å². The van der Waals surface area contributed by atoms with Crippen LogP contribution in [0.2, 0.25) is 10.0 Å². The minimum Gasteiger partial charge on any atom is -0.331 e. The van der Waals surface area contributed by atoms with E-state index in [-0.39, 0.29) is 18.1 Å². The zero-order chi connectivity index (χ0) is 21.8. The average Bonchev–Trinajstić information content (AvgIpc) is 2.75. The molecule has 2 aromatic rings. The third-order valence-electron chi connectivity index (χ3n) is 5.66. The number of benzene rings is 1. The largest absolute Gasteiger partial charge is 0.331 e. The molecule has 1 fully saturated rings. The van der Waals surface area contributed by atoms with Crippen LogP contribution in [-0.2, 0) is 0 Å². The number of halogens is 2. The molecule has 8 heteroatoms. The van der Waals surface area contributed by atoms with Gasteiger partial charge in [-0.2, -0.15) is 5.26 Å². The number of carbonyl (C=O) groups is 1. The lowest BCUT2D eigenvalue weighted by molar-refractivity contribution is 0.146. The fraction of sp³-hybridized carbons (Fsp3) is 0.409. The molecule has 1 saturated heterocycles. The highest BCUT2D eigenvalue weighted by Gasteiger charge is 2.25. The van der Waals surface area contributed by atoms with Gasteiger partial charge in [-0.05, 0) is 57.6 Å². The summed E-state index contributed by atoms with van der Waals surface area (Å²) >= 11 is 13.1. The molecule has 1 aliphatic rings. The Balaban J connectivity index is 1.73. The van der Waals surface area contributed by atoms with Crippen LogP contribution in [-0.4, -0.2) is 54.0 Å². The van der Waals surface area contributed by atoms with E-state index in [1.54, 1.807) is 23.2 Å². The maximum Gasteiger partial charge on any atom is 0.317 e. The minimum atomic E-state index is -0.302. The van der Waals surface area contributed by atoms with Crippen LogP contribution in [0.25, 0.3) is 11.1 Å². The Morgan fingerprint density at radius 1 is 1.27 bits per heavy atom. The molecule has 2 heterocycles. The van der Waals surface area contributed by atoms with Gasteiger partial charge >= 0.3 is 6.03 Å². The van der Waals surface area contributed by atoms with E-state index in [0.29, 0.717) is 15.7 Å². The normalized spacial score (nSPS) is 16.0. The number of rotatable bonds is 4. The highest BCUT2D eigenvalue weighted by atomic mass is 35.5. The van der Waals surface area contributed by atoms with E-state index in [9.17, 15) is 4.79 Å². The van der Waals surface area contributed by atoms with E-state index in [2.05, 4.69) is 22.2 Å². The number of amides is 2. The molecule has 1 aliphatic heterocycles. The molecule has 1 aromatic heterocycles. The van der Waals surface area contributed by atoms with Gasteiger partial charge in [0.15, 0.2) is 0 Å². The van der Waals surface area contributed by atoms with Gasteiger partial charge < -0.3 is 15.1 Å². The third-order valence-corrected chi connectivity index (χ3v) is 6.56. The molecule has 6 nitrogen and oxygen atoms in total. The van der Waals surface area contributed by atoms with Gasteiger partial charge in [0.1, 0.15) is 11.8 Å². The van der Waals surface area contributed by atoms with E-state index in [4.69, 9.17) is 28.5 Å². The zero-order valence-corrected chi connectivity index (χ0v) is 18.8. The Hall–Kier alpha value is -2.33. The van der Waals surface area contributed by atoms with Gasteiger partial charge in [-0.25, -0.2) is 9.78 Å². The second kappa shape index (κ2) is 9.65. The van der Waals surface area contributed by atoms with E-state index in [1.807, 2.05) is 32.2 Å². The molecule has 3 rings (SSSR count). The number of likely N-dealkylation sites (tertiary alicyclic amines) is 1. The molecule has 158 valence electrons. The smallest absolute Gasteiger partial charge is 0.317 e. The van der Waals surface area contributed by atoms with Crippen LogP contribution >= 0.6 is 23.2 Å². The van der Waals surface area contributed by atoms with Gasteiger partial charge in [0.05, 0.1) is 16.1 Å². The SMILES string of the molecule is CC(NC(=O)N(C)C1CCN(C)CC1)c1ccc(-c2ccc(C#N)nc2)c(Cl)c1Cl. The summed E-state index contributed by atoms with van der Waals surface area (Å²) in [6.45, 7) is 3.87. The van der Waals surface area contributed by atoms with Gasteiger partial charge in [0, 0.05) is 30.4 Å². The Morgan fingerprint density at radius 3 is 2.57 bits per heavy atom. The summed E-state index contributed by atoms with van der Waals surface area (Å²) in [5, 5.41) is 12.7. The maximum atomic E-state index is 12.7.